The van der Waals surface area contributed by atoms with E-state index in [1.165, 1.54) is 97.9 Å². The molecule has 1 N–H and O–H groups in total. The van der Waals surface area contributed by atoms with E-state index in [0.29, 0.717) is 0 Å². The van der Waals surface area contributed by atoms with Crippen molar-refractivity contribution in [2.24, 2.45) is 0 Å². The molecule has 64 heavy (non-hydrogen) atoms. The van der Waals surface area contributed by atoms with Gasteiger partial charge in [0.25, 0.3) is 0 Å². The van der Waals surface area contributed by atoms with E-state index in [2.05, 4.69) is 207 Å². The molecule has 1 aliphatic carbocycles. The number of nitrogens with one attached hydrogen (secondary N) is 1. The fourth-order valence-corrected chi connectivity index (χ4v) is 12.1. The number of aromatic nitrogens is 1. The second-order valence-corrected chi connectivity index (χ2v) is 23.5. The van der Waals surface area contributed by atoms with Crippen LogP contribution in [0.3, 0.4) is 0 Å². The minimum absolute atomic E-state index is 0.0306. The third-order valence-corrected chi connectivity index (χ3v) is 15.9. The first-order chi connectivity index (χ1) is 30.3. The number of benzene rings is 7. The maximum absolute atomic E-state index is 6.61. The summed E-state index contributed by atoms with van der Waals surface area (Å²) in [6, 6.07) is 46.5. The van der Waals surface area contributed by atoms with Gasteiger partial charge in [-0.3, -0.25) is 0 Å². The molecule has 3 nitrogen and oxygen atoms in total. The lowest BCUT2D eigenvalue weighted by Gasteiger charge is -2.26. The van der Waals surface area contributed by atoms with Crippen LogP contribution in [0.15, 0.2) is 126 Å². The third-order valence-electron chi connectivity index (χ3n) is 14.7. The van der Waals surface area contributed by atoms with E-state index in [1.807, 2.05) is 11.3 Å². The molecule has 316 valence electrons. The summed E-state index contributed by atoms with van der Waals surface area (Å²) in [5.74, 6) is 0. The normalized spacial score (nSPS) is 14.4. The monoisotopic (exact) mass is 850 g/mol. The van der Waals surface area contributed by atoms with Gasteiger partial charge in [-0.25, -0.2) is 0 Å². The molecule has 0 radical (unpaired) electrons. The summed E-state index contributed by atoms with van der Waals surface area (Å²) in [7, 11) is 0.857. The second-order valence-electron chi connectivity index (χ2n) is 22.3. The van der Waals surface area contributed by atoms with Gasteiger partial charge in [0.15, 0.2) is 0 Å². The zero-order valence-corrected chi connectivity index (χ0v) is 39.8. The first kappa shape index (κ1) is 39.5. The Hall–Kier alpha value is -6.04. The molecule has 12 rings (SSSR count). The molecule has 4 heterocycles. The van der Waals surface area contributed by atoms with Crippen LogP contribution in [0, 0.1) is 0 Å². The van der Waals surface area contributed by atoms with Crippen LogP contribution in [0.1, 0.15) is 104 Å². The number of para-hydroxylation sites is 1. The highest BCUT2D eigenvalue weighted by atomic mass is 32.1. The molecule has 0 saturated heterocycles. The second kappa shape index (κ2) is 13.0. The minimum Gasteiger partial charge on any atom is -0.456 e. The third kappa shape index (κ3) is 5.72. The highest BCUT2D eigenvalue weighted by Gasteiger charge is 2.38. The molecule has 0 spiro atoms. The van der Waals surface area contributed by atoms with Crippen molar-refractivity contribution in [3.8, 4) is 27.9 Å². The van der Waals surface area contributed by atoms with Crippen molar-refractivity contribution in [2.45, 2.75) is 97.8 Å². The summed E-state index contributed by atoms with van der Waals surface area (Å²) >= 11 is 1.95. The van der Waals surface area contributed by atoms with Crippen molar-refractivity contribution in [3.05, 3.63) is 149 Å². The van der Waals surface area contributed by atoms with Crippen molar-refractivity contribution < 1.29 is 4.42 Å². The summed E-state index contributed by atoms with van der Waals surface area (Å²) in [5, 5.41) is 10.2. The lowest BCUT2D eigenvalue weighted by Crippen LogP contribution is -2.35. The summed E-state index contributed by atoms with van der Waals surface area (Å²) in [4.78, 5) is 0. The Bertz CT molecular complexity index is 3630. The van der Waals surface area contributed by atoms with E-state index >= 15 is 0 Å². The number of thiophene rings is 1. The highest BCUT2D eigenvalue weighted by molar-refractivity contribution is 7.29. The standard InChI is InChI=1S/C59H55BN2OS/c1-56(2,3)32-16-20-35(21-17-32)61-47-30-46-40(36-22-18-34(58(7,8)9)27-45(36)59(46,10)11)28-41(47)38-23-24-39-42-29-43-37-14-12-13-15-49(37)63-50(43)31-48(42)62-53(39)52(38)60-55-54(62)44-26-33(57(4,5)6)19-25-51(44)64-55/h12-31,60-61H,1-11H3. The van der Waals surface area contributed by atoms with Gasteiger partial charge < -0.3 is 14.3 Å². The molecule has 0 saturated carbocycles. The Morgan fingerprint density at radius 2 is 1.22 bits per heavy atom. The number of rotatable bonds is 3. The molecule has 5 heteroatoms. The topological polar surface area (TPSA) is 30.1 Å². The highest BCUT2D eigenvalue weighted by Crippen LogP contribution is 2.53. The van der Waals surface area contributed by atoms with Crippen molar-refractivity contribution in [1.82, 2.24) is 4.57 Å². The quantitative estimate of drug-likeness (QED) is 0.180. The molecular formula is C59H55BN2OS. The average molecular weight is 851 g/mol. The fourth-order valence-electron chi connectivity index (χ4n) is 11.0. The van der Waals surface area contributed by atoms with Gasteiger partial charge in [0.05, 0.1) is 11.2 Å². The van der Waals surface area contributed by atoms with E-state index in [1.54, 1.807) is 0 Å². The molecule has 7 aromatic carbocycles. The van der Waals surface area contributed by atoms with E-state index < -0.39 is 0 Å². The molecule has 10 aromatic rings. The van der Waals surface area contributed by atoms with E-state index in [9.17, 15) is 0 Å². The van der Waals surface area contributed by atoms with Crippen LogP contribution in [0.25, 0.3) is 81.8 Å². The zero-order chi connectivity index (χ0) is 44.4. The molecule has 0 amide bonds. The van der Waals surface area contributed by atoms with Gasteiger partial charge in [-0.2, -0.15) is 0 Å². The van der Waals surface area contributed by atoms with Crippen LogP contribution >= 0.6 is 11.3 Å². The predicted molar refractivity (Wildman–Crippen MR) is 279 cm³/mol. The van der Waals surface area contributed by atoms with Crippen LogP contribution in [-0.2, 0) is 21.7 Å². The van der Waals surface area contributed by atoms with Gasteiger partial charge in [0.2, 0.25) is 7.28 Å². The van der Waals surface area contributed by atoms with Crippen molar-refractivity contribution in [1.29, 1.82) is 0 Å². The smallest absolute Gasteiger partial charge is 0.211 e. The van der Waals surface area contributed by atoms with E-state index in [-0.39, 0.29) is 21.7 Å². The van der Waals surface area contributed by atoms with Crippen molar-refractivity contribution in [3.63, 3.8) is 0 Å². The largest absolute Gasteiger partial charge is 0.456 e. The Morgan fingerprint density at radius 1 is 0.547 bits per heavy atom. The minimum atomic E-state index is -0.166. The summed E-state index contributed by atoms with van der Waals surface area (Å²) in [6.45, 7) is 25.6. The fraction of sp³-hybridized carbons (Fsp3) is 0.254. The van der Waals surface area contributed by atoms with E-state index in [0.717, 1.165) is 40.6 Å². The van der Waals surface area contributed by atoms with Gasteiger partial charge in [-0.1, -0.05) is 143 Å². The number of nitrogens with zero attached hydrogens (tertiary/aromatic N) is 1. The summed E-state index contributed by atoms with van der Waals surface area (Å²) < 4.78 is 12.0. The Balaban J connectivity index is 1.15. The Labute approximate surface area is 381 Å². The van der Waals surface area contributed by atoms with Crippen LogP contribution in [0.5, 0.6) is 0 Å². The van der Waals surface area contributed by atoms with Gasteiger partial charge in [-0.05, 0) is 120 Å². The summed E-state index contributed by atoms with van der Waals surface area (Å²) in [5.41, 5.74) is 21.3. The molecule has 3 aromatic heterocycles. The number of hydrogen-bond acceptors (Lipinski definition) is 3. The SMILES string of the molecule is CC(C)(C)c1ccc(Nc2cc3c(cc2-c2ccc4c5cc6c(cc5n5c4c2Bc2sc4ccc(C(C)(C)C)cc4c2-5)oc2ccccc26)-c2ccc(C(C)(C)C)cc2C3(C)C)cc1. The van der Waals surface area contributed by atoms with Gasteiger partial charge in [0.1, 0.15) is 11.2 Å². The molecule has 0 fully saturated rings. The van der Waals surface area contributed by atoms with E-state index in [4.69, 9.17) is 4.42 Å². The van der Waals surface area contributed by atoms with Crippen molar-refractivity contribution >= 4 is 94.1 Å². The number of furan rings is 1. The predicted octanol–water partition coefficient (Wildman–Crippen LogP) is 15.2. The first-order valence-corrected chi connectivity index (χ1v) is 23.9. The maximum atomic E-state index is 6.61. The molecule has 2 aliphatic rings. The van der Waals surface area contributed by atoms with Crippen molar-refractivity contribution in [2.75, 3.05) is 5.32 Å². The number of anilines is 2. The van der Waals surface area contributed by atoms with Gasteiger partial charge in [-0.15, -0.1) is 11.3 Å². The van der Waals surface area contributed by atoms with Crippen LogP contribution < -0.4 is 15.6 Å². The van der Waals surface area contributed by atoms with Crippen LogP contribution in [-0.4, -0.2) is 11.8 Å². The Morgan fingerprint density at radius 3 is 1.97 bits per heavy atom. The number of hydrogen-bond donors (Lipinski definition) is 1. The summed E-state index contributed by atoms with van der Waals surface area (Å²) in [6.07, 6.45) is 0. The Kier molecular flexibility index (Phi) is 8.06. The van der Waals surface area contributed by atoms with Gasteiger partial charge in [0, 0.05) is 65.6 Å². The molecule has 0 bridgehead atoms. The van der Waals surface area contributed by atoms with Gasteiger partial charge >= 0.3 is 0 Å². The maximum Gasteiger partial charge on any atom is 0.211 e. The molecular weight excluding hydrogens is 796 g/mol. The molecule has 1 aliphatic heterocycles. The first-order valence-electron chi connectivity index (χ1n) is 23.0. The van der Waals surface area contributed by atoms with Crippen LogP contribution in [0.2, 0.25) is 0 Å². The molecule has 0 atom stereocenters. The lowest BCUT2D eigenvalue weighted by atomic mass is 9.63. The van der Waals surface area contributed by atoms with Crippen LogP contribution in [0.4, 0.5) is 11.4 Å². The average Bonchev–Trinajstić information content (AvgIpc) is 3.95. The number of fused-ring (bicyclic) bond motifs is 13. The molecule has 0 unspecified atom stereocenters. The zero-order valence-electron chi connectivity index (χ0n) is 39.0. The lowest BCUT2D eigenvalue weighted by molar-refractivity contribution is 0.584.